The number of carbonyl (C=O) groups is 1. The molecule has 2 atom stereocenters. The summed E-state index contributed by atoms with van der Waals surface area (Å²) in [6.07, 6.45) is 5.18. The average molecular weight is 509 g/mol. The molecule has 0 unspecified atom stereocenters. The van der Waals surface area contributed by atoms with Crippen LogP contribution < -0.4 is 10.6 Å². The Hall–Kier alpha value is -3.15. The maximum Gasteiger partial charge on any atom is 0.245 e. The lowest BCUT2D eigenvalue weighted by Gasteiger charge is -2.35. The first-order valence-corrected chi connectivity index (χ1v) is 13.2. The van der Waals surface area contributed by atoms with Crippen molar-refractivity contribution in [1.29, 1.82) is 0 Å². The highest BCUT2D eigenvalue weighted by Crippen LogP contribution is 2.27. The van der Waals surface area contributed by atoms with Crippen LogP contribution in [0.5, 0.6) is 0 Å². The third-order valence-corrected chi connectivity index (χ3v) is 7.27. The predicted molar refractivity (Wildman–Crippen MR) is 141 cm³/mol. The Balaban J connectivity index is 1.35. The summed E-state index contributed by atoms with van der Waals surface area (Å²) in [7, 11) is 0. The van der Waals surface area contributed by atoms with Crippen molar-refractivity contribution in [2.45, 2.75) is 51.5 Å². The fourth-order valence-electron chi connectivity index (χ4n) is 4.84. The molecule has 0 saturated carbocycles. The molecule has 3 aromatic rings. The number of ether oxygens (including phenoxy) is 1. The number of hydrogen-bond acceptors (Lipinski definition) is 10. The van der Waals surface area contributed by atoms with E-state index in [0.29, 0.717) is 31.4 Å². The summed E-state index contributed by atoms with van der Waals surface area (Å²) in [5.41, 5.74) is 1.78. The minimum atomic E-state index is -0.0162. The number of pyridine rings is 1. The molecule has 2 fully saturated rings. The van der Waals surface area contributed by atoms with E-state index in [0.717, 1.165) is 47.1 Å². The number of rotatable bonds is 7. The molecule has 3 aromatic heterocycles. The Labute approximate surface area is 214 Å². The molecule has 5 rings (SSSR count). The van der Waals surface area contributed by atoms with Crippen LogP contribution in [0, 0.1) is 0 Å². The summed E-state index contributed by atoms with van der Waals surface area (Å²) < 4.78 is 5.90. The van der Waals surface area contributed by atoms with E-state index in [1.54, 1.807) is 6.20 Å². The second kappa shape index (κ2) is 10.9. The van der Waals surface area contributed by atoms with Crippen LogP contribution in [0.2, 0.25) is 0 Å². The van der Waals surface area contributed by atoms with Gasteiger partial charge in [-0.15, -0.1) is 0 Å². The summed E-state index contributed by atoms with van der Waals surface area (Å²) in [6.45, 7) is 11.6. The van der Waals surface area contributed by atoms with Gasteiger partial charge in [0.2, 0.25) is 11.9 Å². The second-order valence-electron chi connectivity index (χ2n) is 9.44. The first-order valence-electron chi connectivity index (χ1n) is 12.4. The van der Waals surface area contributed by atoms with Crippen LogP contribution in [0.15, 0.2) is 37.1 Å². The van der Waals surface area contributed by atoms with Crippen LogP contribution in [0.25, 0.3) is 10.3 Å². The highest BCUT2D eigenvalue weighted by atomic mass is 32.1. The van der Waals surface area contributed by atoms with Gasteiger partial charge in [-0.3, -0.25) is 9.69 Å². The number of morpholine rings is 1. The van der Waals surface area contributed by atoms with Crippen LogP contribution in [0.3, 0.4) is 0 Å². The predicted octanol–water partition coefficient (Wildman–Crippen LogP) is 3.42. The number of aromatic nitrogens is 4. The molecule has 2 N–H and O–H groups in total. The van der Waals surface area contributed by atoms with Crippen molar-refractivity contribution in [3.63, 3.8) is 0 Å². The third-order valence-electron chi connectivity index (χ3n) is 6.38. The second-order valence-corrected chi connectivity index (χ2v) is 10.4. The molecule has 1 amide bonds. The number of likely N-dealkylation sites (tertiary alicyclic amines) is 1. The van der Waals surface area contributed by atoms with E-state index in [9.17, 15) is 4.79 Å². The van der Waals surface area contributed by atoms with Crippen LogP contribution in [-0.4, -0.2) is 80.1 Å². The lowest BCUT2D eigenvalue weighted by atomic mass is 10.1. The third kappa shape index (κ3) is 5.97. The molecule has 5 heterocycles. The fourth-order valence-corrected chi connectivity index (χ4v) is 5.65. The average Bonchev–Trinajstić information content (AvgIpc) is 3.25. The molecule has 2 aliphatic rings. The smallest absolute Gasteiger partial charge is 0.245 e. The van der Waals surface area contributed by atoms with E-state index in [-0.39, 0.29) is 24.2 Å². The maximum absolute atomic E-state index is 11.9. The minimum Gasteiger partial charge on any atom is -0.373 e. The SMILES string of the molecule is C=CC(=O)N1CCC(Nc2nc(CN3C[C@@H](C)O[C@@H](C)C3)cc(Nc3nc4cccnc4s3)n2)CC1. The highest BCUT2D eigenvalue weighted by molar-refractivity contribution is 7.21. The van der Waals surface area contributed by atoms with Gasteiger partial charge in [-0.1, -0.05) is 17.9 Å². The first-order chi connectivity index (χ1) is 17.4. The van der Waals surface area contributed by atoms with Crippen LogP contribution >= 0.6 is 11.3 Å². The van der Waals surface area contributed by atoms with Gasteiger partial charge in [0.05, 0.1) is 17.9 Å². The minimum absolute atomic E-state index is 0.0162. The zero-order chi connectivity index (χ0) is 25.1. The van der Waals surface area contributed by atoms with Gasteiger partial charge >= 0.3 is 0 Å². The fraction of sp³-hybridized carbons (Fsp3) is 0.480. The standard InChI is InChI=1S/C25H32N8O2S/c1-4-22(34)33-10-7-18(8-11-33)27-24-28-19(15-32-13-16(2)35-17(3)14-32)12-21(30-24)31-25-29-20-6-5-9-26-23(20)36-25/h4-6,9,12,16-18H,1,7-8,10-11,13-15H2,2-3H3,(H2,27,28,29,30,31)/t16-,17+. The maximum atomic E-state index is 11.9. The molecule has 0 bridgehead atoms. The number of piperidine rings is 1. The topological polar surface area (TPSA) is 108 Å². The van der Waals surface area contributed by atoms with Crippen molar-refractivity contribution in [2.75, 3.05) is 36.8 Å². The number of nitrogens with one attached hydrogen (secondary N) is 2. The Kier molecular flexibility index (Phi) is 7.40. The van der Waals surface area contributed by atoms with E-state index in [1.165, 1.54) is 17.4 Å². The Morgan fingerprint density at radius 2 is 2.00 bits per heavy atom. The van der Waals surface area contributed by atoms with Gasteiger partial charge in [0, 0.05) is 51.0 Å². The molecule has 10 nitrogen and oxygen atoms in total. The highest BCUT2D eigenvalue weighted by Gasteiger charge is 2.24. The van der Waals surface area contributed by atoms with Gasteiger partial charge < -0.3 is 20.3 Å². The number of fused-ring (bicyclic) bond motifs is 1. The molecular weight excluding hydrogens is 476 g/mol. The van der Waals surface area contributed by atoms with Crippen molar-refractivity contribution in [3.8, 4) is 0 Å². The molecule has 0 aliphatic carbocycles. The van der Waals surface area contributed by atoms with Gasteiger partial charge in [0.1, 0.15) is 16.2 Å². The van der Waals surface area contributed by atoms with Crippen molar-refractivity contribution < 1.29 is 9.53 Å². The van der Waals surface area contributed by atoms with E-state index in [2.05, 4.69) is 45.9 Å². The van der Waals surface area contributed by atoms with Crippen LogP contribution in [0.4, 0.5) is 16.9 Å². The van der Waals surface area contributed by atoms with Gasteiger partial charge in [-0.2, -0.15) is 4.98 Å². The van der Waals surface area contributed by atoms with Gasteiger partial charge in [-0.05, 0) is 44.9 Å². The zero-order valence-corrected chi connectivity index (χ0v) is 21.5. The lowest BCUT2D eigenvalue weighted by molar-refractivity contribution is -0.126. The monoisotopic (exact) mass is 508 g/mol. The zero-order valence-electron chi connectivity index (χ0n) is 20.7. The molecule has 0 spiro atoms. The molecule has 11 heteroatoms. The molecule has 2 saturated heterocycles. The Bertz CT molecular complexity index is 1180. The number of nitrogens with zero attached hydrogens (tertiary/aromatic N) is 6. The summed E-state index contributed by atoms with van der Waals surface area (Å²) in [4.78, 5) is 35.7. The van der Waals surface area contributed by atoms with Gasteiger partial charge in [0.25, 0.3) is 0 Å². The molecule has 0 aromatic carbocycles. The Morgan fingerprint density at radius 3 is 2.72 bits per heavy atom. The van der Waals surface area contributed by atoms with Crippen LogP contribution in [0.1, 0.15) is 32.4 Å². The van der Waals surface area contributed by atoms with Gasteiger partial charge in [-0.25, -0.2) is 15.0 Å². The summed E-state index contributed by atoms with van der Waals surface area (Å²) >= 11 is 1.49. The summed E-state index contributed by atoms with van der Waals surface area (Å²) in [6, 6.07) is 6.01. The van der Waals surface area contributed by atoms with Crippen molar-refractivity contribution in [3.05, 3.63) is 42.7 Å². The number of amides is 1. The normalized spacial score (nSPS) is 21.4. The quantitative estimate of drug-likeness (QED) is 0.464. The number of anilines is 3. The lowest BCUT2D eigenvalue weighted by Crippen LogP contribution is -2.45. The molecule has 36 heavy (non-hydrogen) atoms. The number of carbonyl (C=O) groups excluding carboxylic acids is 1. The molecule has 190 valence electrons. The summed E-state index contributed by atoms with van der Waals surface area (Å²) in [5.74, 6) is 1.25. The molecule has 0 radical (unpaired) electrons. The van der Waals surface area contributed by atoms with E-state index >= 15 is 0 Å². The van der Waals surface area contributed by atoms with Gasteiger partial charge in [0.15, 0.2) is 5.13 Å². The molecular formula is C25H32N8O2S. The Morgan fingerprint density at radius 1 is 1.22 bits per heavy atom. The number of hydrogen-bond donors (Lipinski definition) is 2. The largest absolute Gasteiger partial charge is 0.373 e. The summed E-state index contributed by atoms with van der Waals surface area (Å²) in [5, 5.41) is 7.61. The van der Waals surface area contributed by atoms with Crippen molar-refractivity contribution >= 4 is 44.5 Å². The van der Waals surface area contributed by atoms with Crippen LogP contribution in [-0.2, 0) is 16.1 Å². The molecule has 2 aliphatic heterocycles. The van der Waals surface area contributed by atoms with E-state index in [1.807, 2.05) is 23.1 Å². The van der Waals surface area contributed by atoms with E-state index in [4.69, 9.17) is 14.7 Å². The number of thiazole rings is 1. The van der Waals surface area contributed by atoms with E-state index < -0.39 is 0 Å². The van der Waals surface area contributed by atoms with Crippen molar-refractivity contribution in [2.24, 2.45) is 0 Å². The van der Waals surface area contributed by atoms with Crippen molar-refractivity contribution in [1.82, 2.24) is 29.7 Å². The first kappa shape index (κ1) is 24.5.